The second kappa shape index (κ2) is 7.47. The zero-order chi connectivity index (χ0) is 18.8. The molecule has 140 valence electrons. The molecule has 0 saturated heterocycles. The highest BCUT2D eigenvalue weighted by atomic mass is 16.5. The van der Waals surface area contributed by atoms with Gasteiger partial charge >= 0.3 is 0 Å². The molecule has 5 heteroatoms. The van der Waals surface area contributed by atoms with Crippen LogP contribution in [0.1, 0.15) is 29.2 Å². The monoisotopic (exact) mass is 362 g/mol. The molecule has 2 aromatic rings. The number of hydrogen-bond donors (Lipinski definition) is 3. The van der Waals surface area contributed by atoms with E-state index in [0.717, 1.165) is 28.6 Å². The highest BCUT2D eigenvalue weighted by Gasteiger charge is 2.27. The summed E-state index contributed by atoms with van der Waals surface area (Å²) in [6.07, 6.45) is 1.01. The van der Waals surface area contributed by atoms with Crippen LogP contribution in [-0.4, -0.2) is 19.8 Å². The molecule has 0 radical (unpaired) electrons. The minimum atomic E-state index is 0.489. The van der Waals surface area contributed by atoms with Crippen molar-refractivity contribution in [2.24, 2.45) is 5.73 Å². The maximum Gasteiger partial charge on any atom is 0.275 e. The number of hydrogen-bond acceptors (Lipinski definition) is 3. The average Bonchev–Trinajstić information content (AvgIpc) is 2.98. The van der Waals surface area contributed by atoms with Crippen molar-refractivity contribution in [3.05, 3.63) is 87.7 Å². The number of nitrogens with two attached hydrogens (primary N) is 1. The summed E-state index contributed by atoms with van der Waals surface area (Å²) >= 11 is 0. The van der Waals surface area contributed by atoms with Crippen LogP contribution >= 0.6 is 0 Å². The van der Waals surface area contributed by atoms with Crippen molar-refractivity contribution in [2.75, 3.05) is 19.8 Å². The highest BCUT2D eigenvalue weighted by molar-refractivity contribution is 5.77. The fourth-order valence-electron chi connectivity index (χ4n) is 3.71. The van der Waals surface area contributed by atoms with Gasteiger partial charge in [0.15, 0.2) is 6.67 Å². The predicted molar refractivity (Wildman–Crippen MR) is 108 cm³/mol. The highest BCUT2D eigenvalue weighted by Crippen LogP contribution is 2.31. The van der Waals surface area contributed by atoms with E-state index >= 15 is 0 Å². The summed E-state index contributed by atoms with van der Waals surface area (Å²) in [5, 5.41) is 4.54. The van der Waals surface area contributed by atoms with Gasteiger partial charge < -0.3 is 21.2 Å². The summed E-state index contributed by atoms with van der Waals surface area (Å²) in [4.78, 5) is 0. The van der Waals surface area contributed by atoms with Gasteiger partial charge in [-0.25, -0.2) is 0 Å². The van der Waals surface area contributed by atoms with E-state index in [9.17, 15) is 0 Å². The Morgan fingerprint density at radius 3 is 2.59 bits per heavy atom. The van der Waals surface area contributed by atoms with Gasteiger partial charge in [0.25, 0.3) is 5.88 Å². The summed E-state index contributed by atoms with van der Waals surface area (Å²) in [7, 11) is 0. The number of rotatable bonds is 7. The molecule has 0 amide bonds. The molecular weight excluding hydrogens is 336 g/mol. The molecule has 0 aromatic heterocycles. The SMILES string of the molecule is CC1=C(NC[NH+]2[N-]C(c3ccccc3C)=C2OCCN)c2ccccc2C1. The number of ether oxygens (including phenoxy) is 1. The zero-order valence-electron chi connectivity index (χ0n) is 15.9. The molecule has 5 nitrogen and oxygen atoms in total. The van der Waals surface area contributed by atoms with Crippen LogP contribution in [0.3, 0.4) is 0 Å². The Balaban J connectivity index is 1.51. The van der Waals surface area contributed by atoms with Gasteiger partial charge in [0, 0.05) is 23.5 Å². The average molecular weight is 362 g/mol. The molecule has 2 aromatic carbocycles. The molecule has 4 N–H and O–H groups in total. The van der Waals surface area contributed by atoms with E-state index in [2.05, 4.69) is 55.6 Å². The molecule has 1 aliphatic heterocycles. The third-order valence-corrected chi connectivity index (χ3v) is 5.09. The lowest BCUT2D eigenvalue weighted by Crippen LogP contribution is -3.11. The number of nitrogens with zero attached hydrogens (tertiary/aromatic N) is 1. The van der Waals surface area contributed by atoms with Gasteiger partial charge in [-0.3, -0.25) is 5.01 Å². The smallest absolute Gasteiger partial charge is 0.275 e. The molecule has 1 aliphatic carbocycles. The lowest BCUT2D eigenvalue weighted by Gasteiger charge is -2.45. The van der Waals surface area contributed by atoms with Crippen molar-refractivity contribution in [3.63, 3.8) is 0 Å². The minimum absolute atomic E-state index is 0.489. The van der Waals surface area contributed by atoms with E-state index in [1.165, 1.54) is 28.0 Å². The van der Waals surface area contributed by atoms with Crippen molar-refractivity contribution in [2.45, 2.75) is 20.3 Å². The Morgan fingerprint density at radius 2 is 1.81 bits per heavy atom. The van der Waals surface area contributed by atoms with Crippen LogP contribution in [0.15, 0.2) is 60.0 Å². The fraction of sp³-hybridized carbons (Fsp3) is 0.273. The quantitative estimate of drug-likeness (QED) is 0.708. The Morgan fingerprint density at radius 1 is 1.07 bits per heavy atom. The third kappa shape index (κ3) is 3.31. The number of benzene rings is 2. The Hall–Kier alpha value is -2.76. The first kappa shape index (κ1) is 17.6. The summed E-state index contributed by atoms with van der Waals surface area (Å²) < 4.78 is 5.94. The third-order valence-electron chi connectivity index (χ3n) is 5.09. The van der Waals surface area contributed by atoms with Gasteiger partial charge in [-0.05, 0) is 42.5 Å². The first-order valence-corrected chi connectivity index (χ1v) is 9.42. The zero-order valence-corrected chi connectivity index (χ0v) is 15.9. The van der Waals surface area contributed by atoms with Crippen molar-refractivity contribution in [1.82, 2.24) is 5.32 Å². The first-order valence-electron chi connectivity index (χ1n) is 9.42. The van der Waals surface area contributed by atoms with E-state index < -0.39 is 0 Å². The van der Waals surface area contributed by atoms with Gasteiger partial charge in [0.2, 0.25) is 0 Å². The Bertz CT molecular complexity index is 916. The van der Waals surface area contributed by atoms with Crippen LogP contribution in [0.5, 0.6) is 0 Å². The number of fused-ring (bicyclic) bond motifs is 1. The Kier molecular flexibility index (Phi) is 4.88. The molecule has 0 bridgehead atoms. The summed E-state index contributed by atoms with van der Waals surface area (Å²) in [6.45, 7) is 5.91. The van der Waals surface area contributed by atoms with Crippen molar-refractivity contribution >= 4 is 11.4 Å². The lowest BCUT2D eigenvalue weighted by molar-refractivity contribution is -0.851. The number of aryl methyl sites for hydroxylation is 1. The molecule has 1 unspecified atom stereocenters. The number of quaternary nitrogens is 1. The molecule has 4 rings (SSSR count). The maximum atomic E-state index is 5.94. The molecule has 27 heavy (non-hydrogen) atoms. The van der Waals surface area contributed by atoms with Gasteiger partial charge in [0.05, 0.1) is 0 Å². The van der Waals surface area contributed by atoms with Crippen LogP contribution in [0, 0.1) is 6.92 Å². The van der Waals surface area contributed by atoms with Crippen molar-refractivity contribution < 1.29 is 9.75 Å². The van der Waals surface area contributed by atoms with Crippen LogP contribution in [0.4, 0.5) is 0 Å². The fourth-order valence-corrected chi connectivity index (χ4v) is 3.71. The van der Waals surface area contributed by atoms with E-state index in [0.29, 0.717) is 19.8 Å². The maximum absolute atomic E-state index is 5.94. The molecule has 0 saturated carbocycles. The topological polar surface area (TPSA) is 65.8 Å². The van der Waals surface area contributed by atoms with Crippen LogP contribution in [-0.2, 0) is 11.2 Å². The normalized spacial score (nSPS) is 18.1. The molecule has 2 aliphatic rings. The summed E-state index contributed by atoms with van der Waals surface area (Å²) in [6, 6.07) is 16.8. The van der Waals surface area contributed by atoms with Crippen LogP contribution in [0.2, 0.25) is 0 Å². The first-order chi connectivity index (χ1) is 13.2. The predicted octanol–water partition coefficient (Wildman–Crippen LogP) is 2.32. The minimum Gasteiger partial charge on any atom is -0.471 e. The van der Waals surface area contributed by atoms with Gasteiger partial charge in [-0.2, -0.15) is 0 Å². The van der Waals surface area contributed by atoms with E-state index in [1.54, 1.807) is 0 Å². The van der Waals surface area contributed by atoms with E-state index in [-0.39, 0.29) is 0 Å². The second-order valence-electron chi connectivity index (χ2n) is 7.03. The number of allylic oxidation sites excluding steroid dienone is 1. The van der Waals surface area contributed by atoms with Gasteiger partial charge in [-0.1, -0.05) is 48.5 Å². The van der Waals surface area contributed by atoms with Crippen LogP contribution in [0.25, 0.3) is 16.8 Å². The lowest BCUT2D eigenvalue weighted by atomic mass is 10.0. The standard InChI is InChI=1S/C22H26N4O/c1-15-7-3-5-9-18(15)21-22(27-12-11-23)26(25-21)14-24-20-16(2)13-17-8-4-6-10-19(17)20/h3-10,24,26H,11-14,23H2,1-2H3. The van der Waals surface area contributed by atoms with Crippen molar-refractivity contribution in [1.29, 1.82) is 0 Å². The molecular formula is C22H26N4O. The largest absolute Gasteiger partial charge is 0.471 e. The Labute approximate surface area is 160 Å². The molecule has 1 atom stereocenters. The van der Waals surface area contributed by atoms with Crippen LogP contribution < -0.4 is 16.1 Å². The van der Waals surface area contributed by atoms with Crippen molar-refractivity contribution in [3.8, 4) is 0 Å². The molecule has 0 fully saturated rings. The van der Waals surface area contributed by atoms with Gasteiger partial charge in [0.1, 0.15) is 6.61 Å². The molecule has 1 heterocycles. The number of nitrogens with one attached hydrogen (secondary N) is 2. The van der Waals surface area contributed by atoms with E-state index in [4.69, 9.17) is 15.9 Å². The van der Waals surface area contributed by atoms with E-state index in [1.807, 2.05) is 12.1 Å². The summed E-state index contributed by atoms with van der Waals surface area (Å²) in [5.41, 5.74) is 18.9. The second-order valence-corrected chi connectivity index (χ2v) is 7.03. The molecule has 0 spiro atoms. The van der Waals surface area contributed by atoms with Gasteiger partial charge in [-0.15, -0.1) is 0 Å². The summed E-state index contributed by atoms with van der Waals surface area (Å²) in [5.74, 6) is 0.867.